The fourth-order valence-corrected chi connectivity index (χ4v) is 6.17. The van der Waals surface area contributed by atoms with Gasteiger partial charge in [-0.3, -0.25) is 29.0 Å². The van der Waals surface area contributed by atoms with Crippen molar-refractivity contribution in [2.75, 3.05) is 49.3 Å². The maximum atomic E-state index is 12.4. The second-order valence-electron chi connectivity index (χ2n) is 10.6. The summed E-state index contributed by atoms with van der Waals surface area (Å²) in [5, 5.41) is 8.99. The van der Waals surface area contributed by atoms with E-state index < -0.39 is 21.4 Å². The first-order chi connectivity index (χ1) is 16.5. The minimum absolute atomic E-state index is 0.0221. The standard InChI is InChI=1S/C24H42N2O8S2/c1-23(2,3)25(11-8-22(30)31)12-10-24(4,5)34-13-16-36(32,33)17-15-35-14-9-19(27)18-26-20(28)6-7-21(26)29/h6-18H2,1-5H3,(H,30,31). The van der Waals surface area contributed by atoms with E-state index >= 15 is 0 Å². The van der Waals surface area contributed by atoms with Crippen molar-refractivity contribution in [2.45, 2.75) is 77.9 Å². The number of carbonyl (C=O) groups is 4. The van der Waals surface area contributed by atoms with Gasteiger partial charge in [0.25, 0.3) is 0 Å². The molecule has 1 heterocycles. The number of ketones is 1. The lowest BCUT2D eigenvalue weighted by Gasteiger charge is -2.37. The Bertz CT molecular complexity index is 865. The van der Waals surface area contributed by atoms with Gasteiger partial charge in [0.2, 0.25) is 11.8 Å². The number of amides is 2. The smallest absolute Gasteiger partial charge is 0.304 e. The maximum absolute atomic E-state index is 12.4. The van der Waals surface area contributed by atoms with Crippen molar-refractivity contribution in [3.63, 3.8) is 0 Å². The molecule has 12 heteroatoms. The number of carboxylic acids is 1. The van der Waals surface area contributed by atoms with Crippen LogP contribution in [0.1, 0.15) is 66.7 Å². The van der Waals surface area contributed by atoms with Gasteiger partial charge in [0.1, 0.15) is 0 Å². The average Bonchev–Trinajstić information content (AvgIpc) is 3.03. The van der Waals surface area contributed by atoms with Crippen LogP contribution in [0, 0.1) is 0 Å². The summed E-state index contributed by atoms with van der Waals surface area (Å²) in [7, 11) is -3.31. The van der Waals surface area contributed by atoms with Crippen molar-refractivity contribution in [2.24, 2.45) is 0 Å². The van der Waals surface area contributed by atoms with Gasteiger partial charge in [-0.25, -0.2) is 8.42 Å². The van der Waals surface area contributed by atoms with Crippen LogP contribution < -0.4 is 0 Å². The molecule has 208 valence electrons. The number of sulfone groups is 1. The highest BCUT2D eigenvalue weighted by Crippen LogP contribution is 2.20. The van der Waals surface area contributed by atoms with E-state index in [1.54, 1.807) is 0 Å². The Morgan fingerprint density at radius 3 is 2.17 bits per heavy atom. The van der Waals surface area contributed by atoms with Gasteiger partial charge >= 0.3 is 5.97 Å². The molecule has 0 aliphatic carbocycles. The molecule has 0 bridgehead atoms. The van der Waals surface area contributed by atoms with Crippen LogP contribution >= 0.6 is 11.8 Å². The molecule has 0 aromatic carbocycles. The number of hydrogen-bond donors (Lipinski definition) is 1. The van der Waals surface area contributed by atoms with Crippen molar-refractivity contribution < 1.29 is 37.4 Å². The average molecular weight is 551 g/mol. The minimum atomic E-state index is -3.31. The third kappa shape index (κ3) is 13.2. The Kier molecular flexibility index (Phi) is 13.0. The third-order valence-corrected chi connectivity index (χ3v) is 8.83. The molecule has 0 spiro atoms. The predicted octanol–water partition coefficient (Wildman–Crippen LogP) is 2.00. The summed E-state index contributed by atoms with van der Waals surface area (Å²) in [5.41, 5.74) is -0.754. The van der Waals surface area contributed by atoms with Crippen LogP contribution in [-0.4, -0.2) is 107 Å². The second kappa shape index (κ2) is 14.4. The van der Waals surface area contributed by atoms with Crippen molar-refractivity contribution in [3.8, 4) is 0 Å². The molecule has 1 N–H and O–H groups in total. The van der Waals surface area contributed by atoms with Crippen LogP contribution in [0.5, 0.6) is 0 Å². The molecule has 1 aliphatic heterocycles. The van der Waals surface area contributed by atoms with Gasteiger partial charge in [-0.15, -0.1) is 0 Å². The van der Waals surface area contributed by atoms with Crippen LogP contribution in [0.25, 0.3) is 0 Å². The van der Waals surface area contributed by atoms with E-state index in [0.717, 1.165) is 4.90 Å². The highest BCUT2D eigenvalue weighted by atomic mass is 32.2. The van der Waals surface area contributed by atoms with Gasteiger partial charge < -0.3 is 9.84 Å². The Labute approximate surface area is 219 Å². The van der Waals surface area contributed by atoms with E-state index in [0.29, 0.717) is 31.0 Å². The molecule has 0 aromatic heterocycles. The van der Waals surface area contributed by atoms with Crippen molar-refractivity contribution in [3.05, 3.63) is 0 Å². The van der Waals surface area contributed by atoms with E-state index in [-0.39, 0.29) is 73.5 Å². The molecule has 0 unspecified atom stereocenters. The summed E-state index contributed by atoms with van der Waals surface area (Å²) in [6.45, 7) is 10.8. The minimum Gasteiger partial charge on any atom is -0.481 e. The van der Waals surface area contributed by atoms with Crippen molar-refractivity contribution >= 4 is 45.2 Å². The van der Waals surface area contributed by atoms with E-state index in [4.69, 9.17) is 9.84 Å². The van der Waals surface area contributed by atoms with E-state index in [2.05, 4.69) is 4.90 Å². The summed E-state index contributed by atoms with van der Waals surface area (Å²) in [6, 6.07) is 0. The van der Waals surface area contributed by atoms with Crippen LogP contribution in [0.3, 0.4) is 0 Å². The molecule has 0 saturated carbocycles. The van der Waals surface area contributed by atoms with Crippen LogP contribution in [0.15, 0.2) is 0 Å². The van der Waals surface area contributed by atoms with Gasteiger partial charge in [0, 0.05) is 49.4 Å². The molecule has 2 amide bonds. The summed E-state index contributed by atoms with van der Waals surface area (Å²) < 4.78 is 30.6. The number of thioether (sulfide) groups is 1. The number of aliphatic carboxylic acids is 1. The molecule has 1 aliphatic rings. The molecule has 1 rings (SSSR count). The number of ether oxygens (including phenoxy) is 1. The van der Waals surface area contributed by atoms with Crippen LogP contribution in [0.2, 0.25) is 0 Å². The number of hydrogen-bond acceptors (Lipinski definition) is 9. The molecule has 1 saturated heterocycles. The van der Waals surface area contributed by atoms with E-state index in [9.17, 15) is 27.6 Å². The molecule has 0 radical (unpaired) electrons. The van der Waals surface area contributed by atoms with Crippen LogP contribution in [-0.2, 0) is 33.8 Å². The zero-order valence-electron chi connectivity index (χ0n) is 22.2. The normalized spacial score (nSPS) is 15.2. The van der Waals surface area contributed by atoms with Crippen molar-refractivity contribution in [1.82, 2.24) is 9.80 Å². The first-order valence-electron chi connectivity index (χ1n) is 12.3. The molecular weight excluding hydrogens is 508 g/mol. The number of rotatable bonds is 18. The number of nitrogens with zero attached hydrogens (tertiary/aromatic N) is 2. The number of carbonyl (C=O) groups excluding carboxylic acids is 3. The predicted molar refractivity (Wildman–Crippen MR) is 140 cm³/mol. The lowest BCUT2D eigenvalue weighted by molar-refractivity contribution is -0.141. The fourth-order valence-electron chi connectivity index (χ4n) is 3.57. The van der Waals surface area contributed by atoms with E-state index in [1.807, 2.05) is 34.6 Å². The van der Waals surface area contributed by atoms with Crippen molar-refractivity contribution in [1.29, 1.82) is 0 Å². The third-order valence-electron chi connectivity index (χ3n) is 5.97. The first kappa shape index (κ1) is 32.5. The lowest BCUT2D eigenvalue weighted by atomic mass is 10.0. The summed E-state index contributed by atoms with van der Waals surface area (Å²) in [4.78, 5) is 49.1. The van der Waals surface area contributed by atoms with Crippen LogP contribution in [0.4, 0.5) is 0 Å². The topological polar surface area (TPSA) is 138 Å². The molecule has 36 heavy (non-hydrogen) atoms. The Hall–Kier alpha value is -1.50. The molecule has 10 nitrogen and oxygen atoms in total. The Morgan fingerprint density at radius 2 is 1.61 bits per heavy atom. The Morgan fingerprint density at radius 1 is 1.00 bits per heavy atom. The van der Waals surface area contributed by atoms with Gasteiger partial charge in [-0.05, 0) is 41.0 Å². The molecular formula is C24H42N2O8S2. The number of imide groups is 1. The highest BCUT2D eigenvalue weighted by molar-refractivity contribution is 8.00. The molecule has 0 aromatic rings. The van der Waals surface area contributed by atoms with E-state index in [1.165, 1.54) is 11.8 Å². The van der Waals surface area contributed by atoms with Gasteiger partial charge in [-0.1, -0.05) is 0 Å². The lowest BCUT2D eigenvalue weighted by Crippen LogP contribution is -2.45. The Balaban J connectivity index is 2.29. The number of carboxylic acid groups (broad SMARTS) is 1. The quantitative estimate of drug-likeness (QED) is 0.199. The summed E-state index contributed by atoms with van der Waals surface area (Å²) in [6.07, 6.45) is 1.17. The van der Waals surface area contributed by atoms with Gasteiger partial charge in [0.15, 0.2) is 15.6 Å². The molecule has 0 atom stereocenters. The van der Waals surface area contributed by atoms with Gasteiger partial charge in [0.05, 0.1) is 36.7 Å². The fraction of sp³-hybridized carbons (Fsp3) is 0.833. The zero-order chi connectivity index (χ0) is 27.6. The number of Topliss-reactive ketones (excluding diaryl/α,β-unsaturated/α-hetero) is 1. The summed E-state index contributed by atoms with van der Waals surface area (Å²) in [5.74, 6) is -1.03. The first-order valence-corrected chi connectivity index (χ1v) is 15.2. The number of likely N-dealkylation sites (tertiary alicyclic amines) is 1. The monoisotopic (exact) mass is 550 g/mol. The second-order valence-corrected chi connectivity index (χ2v) is 14.1. The summed E-state index contributed by atoms with van der Waals surface area (Å²) >= 11 is 1.35. The molecule has 1 fully saturated rings. The highest BCUT2D eigenvalue weighted by Gasteiger charge is 2.30. The maximum Gasteiger partial charge on any atom is 0.304 e. The van der Waals surface area contributed by atoms with Gasteiger partial charge in [-0.2, -0.15) is 11.8 Å². The largest absolute Gasteiger partial charge is 0.481 e. The SMILES string of the molecule is CC(C)(CCN(CCC(=O)O)C(C)(C)C)OCCS(=O)(=O)CCSCCC(=O)CN1C(=O)CCC1=O. The zero-order valence-corrected chi connectivity index (χ0v) is 23.8.